The molecule has 2 aromatic carbocycles. The fraction of sp³-hybridized carbons (Fsp3) is 0.500. The Bertz CT molecular complexity index is 1000. The molecule has 0 spiro atoms. The zero-order valence-corrected chi connectivity index (χ0v) is 20.9. The summed E-state index contributed by atoms with van der Waals surface area (Å²) in [7, 11) is -2.03. The Morgan fingerprint density at radius 3 is 2.26 bits per heavy atom. The van der Waals surface area contributed by atoms with Gasteiger partial charge in [0.15, 0.2) is 9.84 Å². The van der Waals surface area contributed by atoms with Crippen LogP contribution in [0.2, 0.25) is 0 Å². The predicted octanol–water partition coefficient (Wildman–Crippen LogP) is 6.89. The van der Waals surface area contributed by atoms with Gasteiger partial charge in [0.05, 0.1) is 27.9 Å². The van der Waals surface area contributed by atoms with Crippen molar-refractivity contribution in [1.29, 1.82) is 0 Å². The van der Waals surface area contributed by atoms with Crippen molar-refractivity contribution in [2.45, 2.75) is 57.3 Å². The lowest BCUT2D eigenvalue weighted by molar-refractivity contribution is 0.270. The molecule has 7 heteroatoms. The van der Waals surface area contributed by atoms with E-state index in [2.05, 4.69) is 34.7 Å². The molecule has 0 unspecified atom stereocenters. The lowest BCUT2D eigenvalue weighted by atomic mass is 9.79. The lowest BCUT2D eigenvalue weighted by Crippen LogP contribution is -2.38. The largest absolute Gasteiger partial charge is 0.496 e. The second-order valence-corrected chi connectivity index (χ2v) is 11.3. The highest BCUT2D eigenvalue weighted by Gasteiger charge is 2.42. The molecule has 0 fully saturated rings. The molecule has 4 nitrogen and oxygen atoms in total. The van der Waals surface area contributed by atoms with Gasteiger partial charge in [-0.05, 0) is 59.1 Å². The average molecular weight is 512 g/mol. The standard InChI is InChI=1S/C24H31BrFNO3S/c1-4-6-12-24(13-7-5-2)16-27(19-10-8-18(26)9-11-19)21-14-20(25)22(30-3)15-23(21)31(28,29)17-24/h8-11,14-15H,4-7,12-13,16-17H2,1-3H3. The van der Waals surface area contributed by atoms with Gasteiger partial charge in [-0.3, -0.25) is 0 Å². The fourth-order valence-electron chi connectivity index (χ4n) is 4.47. The van der Waals surface area contributed by atoms with Crippen LogP contribution in [0.15, 0.2) is 45.8 Å². The van der Waals surface area contributed by atoms with E-state index < -0.39 is 9.84 Å². The first-order chi connectivity index (χ1) is 14.7. The number of hydrogen-bond donors (Lipinski definition) is 0. The number of rotatable bonds is 8. The van der Waals surface area contributed by atoms with Gasteiger partial charge in [0.1, 0.15) is 11.6 Å². The van der Waals surface area contributed by atoms with Crippen LogP contribution in [0.1, 0.15) is 52.4 Å². The minimum atomic E-state index is -3.56. The van der Waals surface area contributed by atoms with Gasteiger partial charge >= 0.3 is 0 Å². The van der Waals surface area contributed by atoms with E-state index in [1.165, 1.54) is 19.2 Å². The van der Waals surface area contributed by atoms with Crippen LogP contribution >= 0.6 is 15.9 Å². The van der Waals surface area contributed by atoms with E-state index in [1.807, 2.05) is 6.07 Å². The Morgan fingerprint density at radius 2 is 1.71 bits per heavy atom. The van der Waals surface area contributed by atoms with E-state index >= 15 is 0 Å². The molecule has 0 aliphatic carbocycles. The van der Waals surface area contributed by atoms with E-state index in [1.54, 1.807) is 18.2 Å². The number of methoxy groups -OCH3 is 1. The number of sulfone groups is 1. The third-order valence-corrected chi connectivity index (χ3v) is 8.72. The second kappa shape index (κ2) is 9.90. The van der Waals surface area contributed by atoms with Gasteiger partial charge in [0.25, 0.3) is 0 Å². The third-order valence-electron chi connectivity index (χ3n) is 6.11. The van der Waals surface area contributed by atoms with Crippen LogP contribution in [0.4, 0.5) is 15.8 Å². The zero-order chi connectivity index (χ0) is 22.6. The Kier molecular flexibility index (Phi) is 7.68. The van der Waals surface area contributed by atoms with E-state index in [-0.39, 0.29) is 21.9 Å². The summed E-state index contributed by atoms with van der Waals surface area (Å²) in [5.74, 6) is 0.275. The van der Waals surface area contributed by atoms with Crippen molar-refractivity contribution in [1.82, 2.24) is 0 Å². The van der Waals surface area contributed by atoms with Crippen LogP contribution in [-0.4, -0.2) is 27.8 Å². The number of ether oxygens (including phenoxy) is 1. The molecule has 0 bridgehead atoms. The van der Waals surface area contributed by atoms with Crippen molar-refractivity contribution in [3.63, 3.8) is 0 Å². The summed E-state index contributed by atoms with van der Waals surface area (Å²) < 4.78 is 47.1. The summed E-state index contributed by atoms with van der Waals surface area (Å²) in [4.78, 5) is 2.32. The monoisotopic (exact) mass is 511 g/mol. The van der Waals surface area contributed by atoms with Gasteiger partial charge in [-0.25, -0.2) is 12.8 Å². The summed E-state index contributed by atoms with van der Waals surface area (Å²) >= 11 is 3.52. The number of benzene rings is 2. The maximum atomic E-state index is 13.7. The molecule has 3 rings (SSSR count). The quantitative estimate of drug-likeness (QED) is 0.387. The van der Waals surface area contributed by atoms with Crippen molar-refractivity contribution in [2.75, 3.05) is 24.3 Å². The van der Waals surface area contributed by atoms with Crippen LogP contribution in [0.5, 0.6) is 5.75 Å². The zero-order valence-electron chi connectivity index (χ0n) is 18.5. The minimum Gasteiger partial charge on any atom is -0.496 e. The second-order valence-electron chi connectivity index (χ2n) is 8.48. The van der Waals surface area contributed by atoms with Crippen LogP contribution < -0.4 is 9.64 Å². The molecular weight excluding hydrogens is 481 g/mol. The highest BCUT2D eigenvalue weighted by atomic mass is 79.9. The summed E-state index contributed by atoms with van der Waals surface area (Å²) in [6, 6.07) is 9.71. The Balaban J connectivity index is 2.24. The molecule has 0 saturated carbocycles. The molecule has 170 valence electrons. The highest BCUT2D eigenvalue weighted by molar-refractivity contribution is 9.10. The molecule has 1 heterocycles. The van der Waals surface area contributed by atoms with Crippen LogP contribution in [-0.2, 0) is 9.84 Å². The van der Waals surface area contributed by atoms with E-state index in [0.717, 1.165) is 44.2 Å². The average Bonchev–Trinajstić information content (AvgIpc) is 2.83. The Morgan fingerprint density at radius 1 is 1.10 bits per heavy atom. The maximum absolute atomic E-state index is 13.7. The van der Waals surface area contributed by atoms with E-state index in [9.17, 15) is 12.8 Å². The summed E-state index contributed by atoms with van der Waals surface area (Å²) in [6.45, 7) is 4.84. The Hall–Kier alpha value is -1.60. The van der Waals surface area contributed by atoms with Crippen molar-refractivity contribution >= 4 is 37.1 Å². The molecule has 0 atom stereocenters. The van der Waals surface area contributed by atoms with Gasteiger partial charge in [-0.15, -0.1) is 0 Å². The molecule has 0 N–H and O–H groups in total. The number of fused-ring (bicyclic) bond motifs is 1. The lowest BCUT2D eigenvalue weighted by Gasteiger charge is -2.37. The van der Waals surface area contributed by atoms with Gasteiger partial charge in [0, 0.05) is 23.7 Å². The molecule has 0 amide bonds. The van der Waals surface area contributed by atoms with Gasteiger partial charge < -0.3 is 9.64 Å². The maximum Gasteiger partial charge on any atom is 0.181 e. The van der Waals surface area contributed by atoms with Crippen molar-refractivity contribution in [2.24, 2.45) is 5.41 Å². The van der Waals surface area contributed by atoms with Crippen molar-refractivity contribution < 1.29 is 17.5 Å². The number of nitrogens with zero attached hydrogens (tertiary/aromatic N) is 1. The molecule has 2 aromatic rings. The van der Waals surface area contributed by atoms with Crippen LogP contribution in [0, 0.1) is 11.2 Å². The highest BCUT2D eigenvalue weighted by Crippen LogP contribution is 2.47. The third kappa shape index (κ3) is 5.25. The number of halogens is 2. The van der Waals surface area contributed by atoms with Gasteiger partial charge in [-0.2, -0.15) is 0 Å². The van der Waals surface area contributed by atoms with Crippen LogP contribution in [0.3, 0.4) is 0 Å². The molecule has 0 radical (unpaired) electrons. The number of hydrogen-bond acceptors (Lipinski definition) is 4. The predicted molar refractivity (Wildman–Crippen MR) is 128 cm³/mol. The SMILES string of the molecule is CCCCC1(CCCC)CN(c2ccc(F)cc2)c2cc(Br)c(OC)cc2S(=O)(=O)C1. The smallest absolute Gasteiger partial charge is 0.181 e. The first kappa shape index (κ1) is 24.1. The van der Waals surface area contributed by atoms with Crippen molar-refractivity contribution in [3.05, 3.63) is 46.7 Å². The summed E-state index contributed by atoms with van der Waals surface area (Å²) in [5, 5.41) is 0. The topological polar surface area (TPSA) is 46.6 Å². The number of unbranched alkanes of at least 4 members (excludes halogenated alkanes) is 2. The molecule has 31 heavy (non-hydrogen) atoms. The molecule has 1 aliphatic rings. The van der Waals surface area contributed by atoms with Gasteiger partial charge in [-0.1, -0.05) is 39.5 Å². The first-order valence-electron chi connectivity index (χ1n) is 10.9. The van der Waals surface area contributed by atoms with E-state index in [0.29, 0.717) is 22.5 Å². The minimum absolute atomic E-state index is 0.107. The number of anilines is 2. The first-order valence-corrected chi connectivity index (χ1v) is 13.3. The normalized spacial score (nSPS) is 17.1. The summed E-state index contributed by atoms with van der Waals surface area (Å²) in [5.41, 5.74) is 1.01. The molecule has 0 aromatic heterocycles. The van der Waals surface area contributed by atoms with Crippen molar-refractivity contribution in [3.8, 4) is 5.75 Å². The molecular formula is C24H31BrFNO3S. The van der Waals surface area contributed by atoms with Crippen LogP contribution in [0.25, 0.3) is 0 Å². The fourth-order valence-corrected chi connectivity index (χ4v) is 7.08. The molecule has 1 aliphatic heterocycles. The summed E-state index contributed by atoms with van der Waals surface area (Å²) in [6.07, 6.45) is 5.65. The molecule has 0 saturated heterocycles. The van der Waals surface area contributed by atoms with Gasteiger partial charge in [0.2, 0.25) is 0 Å². The van der Waals surface area contributed by atoms with E-state index in [4.69, 9.17) is 4.74 Å². The Labute approximate surface area is 193 Å².